The molecule has 1 aliphatic heterocycles. The van der Waals surface area contributed by atoms with Crippen LogP contribution in [-0.2, 0) is 11.2 Å². The van der Waals surface area contributed by atoms with Crippen molar-refractivity contribution in [1.82, 2.24) is 10.4 Å². The summed E-state index contributed by atoms with van der Waals surface area (Å²) in [4.78, 5) is 12.0. The number of halogens is 3. The second-order valence-corrected chi connectivity index (χ2v) is 8.39. The molecule has 2 aromatic rings. The highest BCUT2D eigenvalue weighted by Gasteiger charge is 2.51. The number of alkyl halides is 3. The van der Waals surface area contributed by atoms with Gasteiger partial charge in [-0.05, 0) is 54.2 Å². The van der Waals surface area contributed by atoms with E-state index >= 15 is 0 Å². The molecule has 0 radical (unpaired) electrons. The van der Waals surface area contributed by atoms with E-state index in [0.717, 1.165) is 27.8 Å². The van der Waals surface area contributed by atoms with Crippen LogP contribution in [0.1, 0.15) is 44.9 Å². The molecule has 0 saturated carbocycles. The summed E-state index contributed by atoms with van der Waals surface area (Å²) in [5.74, 6) is 0.00868. The Morgan fingerprint density at radius 2 is 1.89 bits per heavy atom. The number of amides is 1. The van der Waals surface area contributed by atoms with Gasteiger partial charge in [0.05, 0.1) is 5.41 Å². The summed E-state index contributed by atoms with van der Waals surface area (Å²) in [6.07, 6.45) is -3.71. The van der Waals surface area contributed by atoms with Gasteiger partial charge >= 0.3 is 6.18 Å². The van der Waals surface area contributed by atoms with E-state index in [4.69, 9.17) is 0 Å². The molecule has 0 aromatic heterocycles. The lowest BCUT2D eigenvalue weighted by molar-refractivity contribution is -0.191. The lowest BCUT2D eigenvalue weighted by Crippen LogP contribution is -2.43. The molecule has 1 heterocycles. The van der Waals surface area contributed by atoms with E-state index in [1.54, 1.807) is 26.0 Å². The number of nitrogens with zero attached hydrogens (tertiary/aromatic N) is 1. The van der Waals surface area contributed by atoms with Gasteiger partial charge in [-0.15, -0.1) is 0 Å². The number of fused-ring (bicyclic) bond motifs is 1. The van der Waals surface area contributed by atoms with Gasteiger partial charge in [-0.25, -0.2) is 5.01 Å². The third kappa shape index (κ3) is 3.95. The number of benzene rings is 2. The van der Waals surface area contributed by atoms with Gasteiger partial charge in [-0.3, -0.25) is 10.2 Å². The minimum atomic E-state index is -4.51. The van der Waals surface area contributed by atoms with Crippen LogP contribution in [-0.4, -0.2) is 23.6 Å². The quantitative estimate of drug-likeness (QED) is 0.811. The normalized spacial score (nSPS) is 18.9. The van der Waals surface area contributed by atoms with E-state index in [9.17, 15) is 18.0 Å². The molecule has 0 spiro atoms. The smallest absolute Gasteiger partial charge is 0.287 e. The summed E-state index contributed by atoms with van der Waals surface area (Å²) in [6, 6.07) is 8.81. The Morgan fingerprint density at radius 1 is 1.19 bits per heavy atom. The van der Waals surface area contributed by atoms with Crippen LogP contribution in [0, 0.1) is 11.3 Å². The maximum absolute atomic E-state index is 14.0. The molecule has 1 N–H and O–H groups in total. The Bertz CT molecular complexity index is 858. The summed E-state index contributed by atoms with van der Waals surface area (Å²) in [6.45, 7) is 7.47. The van der Waals surface area contributed by atoms with Crippen LogP contribution >= 0.6 is 0 Å². The van der Waals surface area contributed by atoms with Crippen molar-refractivity contribution in [3.8, 4) is 0 Å². The predicted molar refractivity (Wildman–Crippen MR) is 99.9 cm³/mol. The fourth-order valence-corrected chi connectivity index (χ4v) is 3.66. The zero-order valence-corrected chi connectivity index (χ0v) is 16.0. The first kappa shape index (κ1) is 19.7. The summed E-state index contributed by atoms with van der Waals surface area (Å²) in [5, 5.41) is 2.78. The molecule has 2 aromatic carbocycles. The zero-order valence-electron chi connectivity index (χ0n) is 16.0. The van der Waals surface area contributed by atoms with E-state index in [2.05, 4.69) is 19.3 Å². The third-order valence-electron chi connectivity index (χ3n) is 4.99. The molecule has 1 atom stereocenters. The van der Waals surface area contributed by atoms with Gasteiger partial charge in [-0.1, -0.05) is 44.2 Å². The second kappa shape index (κ2) is 6.82. The maximum Gasteiger partial charge on any atom is 0.409 e. The fourth-order valence-electron chi connectivity index (χ4n) is 3.66. The minimum Gasteiger partial charge on any atom is -0.287 e. The number of nitrogens with one attached hydrogen (secondary N) is 1. The highest BCUT2D eigenvalue weighted by Crippen LogP contribution is 2.41. The van der Waals surface area contributed by atoms with Crippen molar-refractivity contribution in [1.29, 1.82) is 0 Å². The molecule has 1 fully saturated rings. The first-order valence-electron chi connectivity index (χ1n) is 9.15. The lowest BCUT2D eigenvalue weighted by atomic mass is 9.92. The Kier molecular flexibility index (Phi) is 4.97. The van der Waals surface area contributed by atoms with Crippen molar-refractivity contribution in [2.75, 3.05) is 6.54 Å². The van der Waals surface area contributed by atoms with Gasteiger partial charge in [0, 0.05) is 6.54 Å². The van der Waals surface area contributed by atoms with Crippen molar-refractivity contribution in [3.63, 3.8) is 0 Å². The van der Waals surface area contributed by atoms with Gasteiger partial charge in [0.2, 0.25) is 5.91 Å². The van der Waals surface area contributed by atoms with Crippen LogP contribution in [0.5, 0.6) is 0 Å². The Hall–Kier alpha value is -2.08. The molecular formula is C21H25F3N2O. The summed E-state index contributed by atoms with van der Waals surface area (Å²) in [5.41, 5.74) is 2.74. The van der Waals surface area contributed by atoms with Crippen LogP contribution < -0.4 is 5.43 Å². The number of hydrazine groups is 1. The molecule has 3 nitrogen and oxygen atoms in total. The van der Waals surface area contributed by atoms with Crippen LogP contribution in [0.3, 0.4) is 0 Å². The van der Waals surface area contributed by atoms with Crippen LogP contribution in [0.15, 0.2) is 36.4 Å². The largest absolute Gasteiger partial charge is 0.409 e. The van der Waals surface area contributed by atoms with Gasteiger partial charge in [-0.2, -0.15) is 13.2 Å². The predicted octanol–water partition coefficient (Wildman–Crippen LogP) is 5.01. The molecule has 27 heavy (non-hydrogen) atoms. The number of rotatable bonds is 4. The first-order valence-corrected chi connectivity index (χ1v) is 9.15. The Morgan fingerprint density at radius 3 is 2.44 bits per heavy atom. The van der Waals surface area contributed by atoms with Gasteiger partial charge in [0.1, 0.15) is 6.04 Å². The topological polar surface area (TPSA) is 32.3 Å². The fraction of sp³-hybridized carbons (Fsp3) is 0.476. The molecular weight excluding hydrogens is 353 g/mol. The van der Waals surface area contributed by atoms with E-state index in [0.29, 0.717) is 5.92 Å². The highest BCUT2D eigenvalue weighted by atomic mass is 19.4. The SMILES string of the molecule is CC(C)Cc1cccc2ccc(C(N3CC(C)(C)C(=O)N3)C(F)(F)F)cc12. The average molecular weight is 378 g/mol. The third-order valence-corrected chi connectivity index (χ3v) is 4.99. The number of hydrogen-bond acceptors (Lipinski definition) is 2. The van der Waals surface area contributed by atoms with Crippen molar-refractivity contribution >= 4 is 16.7 Å². The molecule has 1 amide bonds. The maximum atomic E-state index is 14.0. The molecule has 0 aliphatic carbocycles. The van der Waals surface area contributed by atoms with Gasteiger partial charge in [0.25, 0.3) is 0 Å². The van der Waals surface area contributed by atoms with Gasteiger partial charge in [0.15, 0.2) is 0 Å². The van der Waals surface area contributed by atoms with Crippen LogP contribution in [0.4, 0.5) is 13.2 Å². The monoisotopic (exact) mass is 378 g/mol. The number of hydrogen-bond donors (Lipinski definition) is 1. The van der Waals surface area contributed by atoms with Crippen LogP contribution in [0.2, 0.25) is 0 Å². The van der Waals surface area contributed by atoms with Crippen molar-refractivity contribution < 1.29 is 18.0 Å². The lowest BCUT2D eigenvalue weighted by Gasteiger charge is -2.30. The standard InChI is InChI=1S/C21H25F3N2O/c1-13(2)10-15-7-5-6-14-8-9-16(11-17(14)15)18(21(22,23)24)26-12-20(3,4)19(27)25-26/h5-9,11,13,18H,10,12H2,1-4H3,(H,25,27). The van der Waals surface area contributed by atoms with E-state index in [1.165, 1.54) is 6.07 Å². The van der Waals surface area contributed by atoms with Gasteiger partial charge < -0.3 is 0 Å². The molecule has 1 saturated heterocycles. The molecule has 1 unspecified atom stereocenters. The van der Waals surface area contributed by atoms with Crippen LogP contribution in [0.25, 0.3) is 10.8 Å². The Balaban J connectivity index is 2.08. The van der Waals surface area contributed by atoms with Crippen molar-refractivity contribution in [3.05, 3.63) is 47.5 Å². The molecule has 3 rings (SSSR count). The zero-order chi connectivity index (χ0) is 20.0. The van der Waals surface area contributed by atoms with E-state index in [1.807, 2.05) is 18.2 Å². The first-order chi connectivity index (χ1) is 12.5. The van der Waals surface area contributed by atoms with E-state index < -0.39 is 23.5 Å². The Labute approximate surface area is 157 Å². The number of carbonyl (C=O) groups excluding carboxylic acids is 1. The molecule has 6 heteroatoms. The summed E-state index contributed by atoms with van der Waals surface area (Å²) < 4.78 is 41.9. The second-order valence-electron chi connectivity index (χ2n) is 8.39. The summed E-state index contributed by atoms with van der Waals surface area (Å²) >= 11 is 0. The number of carbonyl (C=O) groups is 1. The van der Waals surface area contributed by atoms with Crippen molar-refractivity contribution in [2.45, 2.75) is 46.3 Å². The average Bonchev–Trinajstić information content (AvgIpc) is 2.79. The minimum absolute atomic E-state index is 0.00167. The molecule has 1 aliphatic rings. The molecule has 146 valence electrons. The van der Waals surface area contributed by atoms with Crippen molar-refractivity contribution in [2.24, 2.45) is 11.3 Å². The summed E-state index contributed by atoms with van der Waals surface area (Å²) in [7, 11) is 0. The van der Waals surface area contributed by atoms with E-state index in [-0.39, 0.29) is 12.1 Å². The highest BCUT2D eigenvalue weighted by molar-refractivity contribution is 5.87. The molecule has 0 bridgehead atoms.